The highest BCUT2D eigenvalue weighted by Gasteiger charge is 2.58. The Morgan fingerprint density at radius 3 is 2.25 bits per heavy atom. The van der Waals surface area contributed by atoms with Crippen LogP contribution >= 0.6 is 0 Å². The predicted octanol–water partition coefficient (Wildman–Crippen LogP) is 3.24. The fourth-order valence-electron chi connectivity index (χ4n) is 4.58. The summed E-state index contributed by atoms with van der Waals surface area (Å²) in [5.41, 5.74) is -0.861. The van der Waals surface area contributed by atoms with Crippen molar-refractivity contribution in [1.82, 2.24) is 0 Å². The number of hydrogen-bond acceptors (Lipinski definition) is 2. The molecule has 112 valence electrons. The molecule has 4 bridgehead atoms. The molecule has 3 atom stereocenters. The van der Waals surface area contributed by atoms with Crippen molar-refractivity contribution >= 4 is 11.6 Å². The summed E-state index contributed by atoms with van der Waals surface area (Å²) in [7, 11) is 0. The third-order valence-electron chi connectivity index (χ3n) is 5.31. The van der Waals surface area contributed by atoms with Crippen LogP contribution in [-0.4, -0.2) is 23.9 Å². The molecule has 0 spiro atoms. The lowest BCUT2D eigenvalue weighted by Crippen LogP contribution is -2.55. The van der Waals surface area contributed by atoms with Crippen LogP contribution in [0.25, 0.3) is 0 Å². The standard InChI is InChI=1S/C14H16F4O2/c15-10(14(16,17)18)3-11(19)13-4-7-1-8(5-13)12(20)9(2-7)6-13/h7-10H,1-6H2. The Morgan fingerprint density at radius 2 is 1.75 bits per heavy atom. The molecule has 4 rings (SSSR count). The SMILES string of the molecule is O=C1C2CC3CC1CC(C(=O)CC(F)C(F)(F)F)(C3)C2. The van der Waals surface area contributed by atoms with E-state index in [0.717, 1.165) is 12.8 Å². The van der Waals surface area contributed by atoms with Crippen LogP contribution in [0.3, 0.4) is 0 Å². The van der Waals surface area contributed by atoms with Crippen molar-refractivity contribution in [3.63, 3.8) is 0 Å². The number of carbonyl (C=O) groups excluding carboxylic acids is 2. The second kappa shape index (κ2) is 4.28. The third-order valence-corrected chi connectivity index (χ3v) is 5.31. The summed E-state index contributed by atoms with van der Waals surface area (Å²) < 4.78 is 49.9. The summed E-state index contributed by atoms with van der Waals surface area (Å²) >= 11 is 0. The molecule has 0 radical (unpaired) electrons. The summed E-state index contributed by atoms with van der Waals surface area (Å²) in [6, 6.07) is 0. The van der Waals surface area contributed by atoms with Gasteiger partial charge in [-0.2, -0.15) is 13.2 Å². The minimum atomic E-state index is -4.98. The smallest absolute Gasteiger partial charge is 0.299 e. The van der Waals surface area contributed by atoms with Crippen LogP contribution in [-0.2, 0) is 9.59 Å². The zero-order valence-electron chi connectivity index (χ0n) is 10.9. The topological polar surface area (TPSA) is 34.1 Å². The van der Waals surface area contributed by atoms with Gasteiger partial charge < -0.3 is 0 Å². The van der Waals surface area contributed by atoms with E-state index < -0.39 is 30.0 Å². The number of hydrogen-bond donors (Lipinski definition) is 0. The van der Waals surface area contributed by atoms with Crippen molar-refractivity contribution in [2.45, 2.75) is 50.9 Å². The first-order valence-corrected chi connectivity index (χ1v) is 6.99. The first-order valence-electron chi connectivity index (χ1n) is 6.99. The number of alkyl halides is 4. The number of ketones is 2. The molecule has 20 heavy (non-hydrogen) atoms. The molecule has 0 N–H and O–H groups in total. The Bertz CT molecular complexity index is 439. The van der Waals surface area contributed by atoms with Crippen LogP contribution in [0, 0.1) is 23.2 Å². The van der Waals surface area contributed by atoms with Crippen molar-refractivity contribution in [1.29, 1.82) is 0 Å². The number of rotatable bonds is 3. The van der Waals surface area contributed by atoms with Crippen molar-refractivity contribution < 1.29 is 27.2 Å². The zero-order valence-corrected chi connectivity index (χ0v) is 10.9. The Balaban J connectivity index is 1.77. The highest BCUT2D eigenvalue weighted by molar-refractivity contribution is 5.92. The monoisotopic (exact) mass is 292 g/mol. The maximum atomic E-state index is 13.1. The average molecular weight is 292 g/mol. The van der Waals surface area contributed by atoms with Crippen LogP contribution in [0.15, 0.2) is 0 Å². The molecule has 0 amide bonds. The summed E-state index contributed by atoms with van der Waals surface area (Å²) in [6.45, 7) is 0. The quantitative estimate of drug-likeness (QED) is 0.748. The fourth-order valence-corrected chi connectivity index (χ4v) is 4.58. The second-order valence-corrected chi connectivity index (χ2v) is 6.66. The molecule has 4 fully saturated rings. The maximum absolute atomic E-state index is 13.1. The fraction of sp³-hybridized carbons (Fsp3) is 0.857. The van der Waals surface area contributed by atoms with E-state index >= 15 is 0 Å². The van der Waals surface area contributed by atoms with Gasteiger partial charge in [-0.15, -0.1) is 0 Å². The van der Waals surface area contributed by atoms with E-state index in [1.54, 1.807) is 0 Å². The van der Waals surface area contributed by atoms with Crippen LogP contribution in [0.2, 0.25) is 0 Å². The Hall–Kier alpha value is -0.940. The number of Topliss-reactive ketones (excluding diaryl/α,β-unsaturated/α-hetero) is 2. The third kappa shape index (κ3) is 2.07. The molecule has 0 aromatic rings. The van der Waals surface area contributed by atoms with Gasteiger partial charge in [0.05, 0.1) is 0 Å². The van der Waals surface area contributed by atoms with Crippen LogP contribution < -0.4 is 0 Å². The number of carbonyl (C=O) groups is 2. The molecule has 0 aromatic heterocycles. The van der Waals surface area contributed by atoms with Gasteiger partial charge in [0, 0.05) is 23.7 Å². The molecular weight excluding hydrogens is 276 g/mol. The second-order valence-electron chi connectivity index (χ2n) is 6.66. The first kappa shape index (κ1) is 14.0. The minimum Gasteiger partial charge on any atom is -0.299 e. The molecule has 6 heteroatoms. The van der Waals surface area contributed by atoms with E-state index in [4.69, 9.17) is 0 Å². The Labute approximate surface area is 113 Å². The van der Waals surface area contributed by atoms with Crippen molar-refractivity contribution in [3.05, 3.63) is 0 Å². The lowest BCUT2D eigenvalue weighted by Gasteiger charge is -2.54. The molecule has 4 aliphatic rings. The van der Waals surface area contributed by atoms with Gasteiger partial charge in [-0.1, -0.05) is 0 Å². The lowest BCUT2D eigenvalue weighted by atomic mass is 9.48. The van der Waals surface area contributed by atoms with E-state index in [9.17, 15) is 27.2 Å². The number of halogens is 4. The van der Waals surface area contributed by atoms with Crippen molar-refractivity contribution in [2.24, 2.45) is 23.2 Å². The normalized spacial score (nSPS) is 41.0. The van der Waals surface area contributed by atoms with E-state index in [1.807, 2.05) is 0 Å². The summed E-state index contributed by atoms with van der Waals surface area (Å²) in [5, 5.41) is 0. The van der Waals surface area contributed by atoms with Gasteiger partial charge in [0.15, 0.2) is 0 Å². The van der Waals surface area contributed by atoms with E-state index in [0.29, 0.717) is 19.3 Å². The van der Waals surface area contributed by atoms with Gasteiger partial charge in [-0.3, -0.25) is 9.59 Å². The van der Waals surface area contributed by atoms with Gasteiger partial charge in [0.25, 0.3) is 0 Å². The molecule has 0 saturated heterocycles. The van der Waals surface area contributed by atoms with Gasteiger partial charge in [-0.05, 0) is 38.0 Å². The molecule has 0 heterocycles. The first-order chi connectivity index (χ1) is 9.21. The maximum Gasteiger partial charge on any atom is 0.420 e. The highest BCUT2D eigenvalue weighted by Crippen LogP contribution is 2.59. The molecule has 2 nitrogen and oxygen atoms in total. The molecule has 4 saturated carbocycles. The highest BCUT2D eigenvalue weighted by atomic mass is 19.4. The summed E-state index contributed by atoms with van der Waals surface area (Å²) in [6.07, 6.45) is -6.44. The zero-order chi connectivity index (χ0) is 14.7. The predicted molar refractivity (Wildman–Crippen MR) is 61.6 cm³/mol. The molecule has 0 aromatic carbocycles. The average Bonchev–Trinajstić information content (AvgIpc) is 2.33. The van der Waals surface area contributed by atoms with Crippen LogP contribution in [0.5, 0.6) is 0 Å². The summed E-state index contributed by atoms with van der Waals surface area (Å²) in [5.74, 6) is -0.590. The molecule has 3 unspecified atom stereocenters. The van der Waals surface area contributed by atoms with Crippen molar-refractivity contribution in [2.75, 3.05) is 0 Å². The van der Waals surface area contributed by atoms with Gasteiger partial charge in [0.2, 0.25) is 6.17 Å². The molecule has 0 aliphatic heterocycles. The minimum absolute atomic E-state index is 0.164. The van der Waals surface area contributed by atoms with Gasteiger partial charge in [0.1, 0.15) is 11.6 Å². The van der Waals surface area contributed by atoms with E-state index in [2.05, 4.69) is 0 Å². The Kier molecular flexibility index (Phi) is 3.00. The van der Waals surface area contributed by atoms with Crippen LogP contribution in [0.4, 0.5) is 17.6 Å². The molecule has 4 aliphatic carbocycles. The van der Waals surface area contributed by atoms with E-state index in [1.165, 1.54) is 0 Å². The van der Waals surface area contributed by atoms with Gasteiger partial charge in [-0.25, -0.2) is 4.39 Å². The summed E-state index contributed by atoms with van der Waals surface area (Å²) in [4.78, 5) is 24.2. The van der Waals surface area contributed by atoms with E-state index in [-0.39, 0.29) is 23.5 Å². The molecular formula is C14H16F4O2. The Morgan fingerprint density at radius 1 is 1.20 bits per heavy atom. The lowest BCUT2D eigenvalue weighted by molar-refractivity contribution is -0.188. The van der Waals surface area contributed by atoms with Crippen molar-refractivity contribution in [3.8, 4) is 0 Å². The van der Waals surface area contributed by atoms with Crippen LogP contribution in [0.1, 0.15) is 38.5 Å². The largest absolute Gasteiger partial charge is 0.420 e. The van der Waals surface area contributed by atoms with Gasteiger partial charge >= 0.3 is 6.18 Å².